The first-order chi connectivity index (χ1) is 9.04. The van der Waals surface area contributed by atoms with Crippen LogP contribution in [0.2, 0.25) is 0 Å². The monoisotopic (exact) mass is 268 g/mol. The topological polar surface area (TPSA) is 56.5 Å². The van der Waals surface area contributed by atoms with E-state index in [4.69, 9.17) is 15.2 Å². The van der Waals surface area contributed by atoms with Crippen LogP contribution in [0.25, 0.3) is 0 Å². The van der Waals surface area contributed by atoms with E-state index < -0.39 is 5.82 Å². The van der Waals surface area contributed by atoms with Gasteiger partial charge in [-0.25, -0.2) is 4.39 Å². The van der Waals surface area contributed by atoms with E-state index >= 15 is 0 Å². The van der Waals surface area contributed by atoms with Crippen molar-refractivity contribution >= 4 is 11.4 Å². The zero-order chi connectivity index (χ0) is 13.9. The molecule has 0 aromatic heterocycles. The third-order valence-corrected chi connectivity index (χ3v) is 3.36. The summed E-state index contributed by atoms with van der Waals surface area (Å²) in [7, 11) is 0. The molecule has 19 heavy (non-hydrogen) atoms. The van der Waals surface area contributed by atoms with E-state index in [-0.39, 0.29) is 11.4 Å². The third-order valence-electron chi connectivity index (χ3n) is 3.36. The number of nitrogen functional groups attached to an aromatic ring is 1. The molecule has 0 bridgehead atoms. The largest absolute Gasteiger partial charge is 0.491 e. The molecule has 0 spiro atoms. The summed E-state index contributed by atoms with van der Waals surface area (Å²) in [6.45, 7) is 5.74. The van der Waals surface area contributed by atoms with Crippen LogP contribution in [0.15, 0.2) is 12.1 Å². The Morgan fingerprint density at radius 3 is 2.95 bits per heavy atom. The lowest BCUT2D eigenvalue weighted by Crippen LogP contribution is -2.32. The van der Waals surface area contributed by atoms with Crippen LogP contribution in [0.3, 0.4) is 0 Å². The molecule has 5 heteroatoms. The van der Waals surface area contributed by atoms with Gasteiger partial charge in [0.05, 0.1) is 23.6 Å². The predicted octanol–water partition coefficient (Wildman–Crippen LogP) is 2.79. The first-order valence-corrected chi connectivity index (χ1v) is 6.64. The number of nitrogens with one attached hydrogen (secondary N) is 1. The van der Waals surface area contributed by atoms with E-state index in [9.17, 15) is 4.39 Å². The van der Waals surface area contributed by atoms with Crippen molar-refractivity contribution in [2.75, 3.05) is 30.8 Å². The molecule has 1 unspecified atom stereocenters. The molecule has 2 rings (SSSR count). The van der Waals surface area contributed by atoms with Gasteiger partial charge in [-0.3, -0.25) is 0 Å². The SMILES string of the molecule is CCOc1cc(NCC2(C)CCCO2)c(N)cc1F. The first kappa shape index (κ1) is 13.9. The molecule has 4 nitrogen and oxygen atoms in total. The number of nitrogens with two attached hydrogens (primary N) is 1. The Kier molecular flexibility index (Phi) is 4.14. The molecule has 1 aliphatic heterocycles. The number of halogens is 1. The highest BCUT2D eigenvalue weighted by atomic mass is 19.1. The van der Waals surface area contributed by atoms with E-state index in [0.717, 1.165) is 19.4 Å². The van der Waals surface area contributed by atoms with Crippen LogP contribution in [-0.2, 0) is 4.74 Å². The highest BCUT2D eigenvalue weighted by Crippen LogP contribution is 2.30. The Hall–Kier alpha value is -1.49. The van der Waals surface area contributed by atoms with E-state index in [1.165, 1.54) is 6.07 Å². The average molecular weight is 268 g/mol. The molecule has 1 fully saturated rings. The maximum absolute atomic E-state index is 13.6. The van der Waals surface area contributed by atoms with Gasteiger partial charge in [-0.2, -0.15) is 0 Å². The maximum Gasteiger partial charge on any atom is 0.167 e. The fraction of sp³-hybridized carbons (Fsp3) is 0.571. The summed E-state index contributed by atoms with van der Waals surface area (Å²) < 4.78 is 24.5. The van der Waals surface area contributed by atoms with Gasteiger partial charge in [0, 0.05) is 25.3 Å². The summed E-state index contributed by atoms with van der Waals surface area (Å²) in [5, 5.41) is 3.22. The van der Waals surface area contributed by atoms with E-state index in [2.05, 4.69) is 12.2 Å². The van der Waals surface area contributed by atoms with Gasteiger partial charge in [0.1, 0.15) is 0 Å². The lowest BCUT2D eigenvalue weighted by Gasteiger charge is -2.24. The molecule has 1 aromatic rings. The van der Waals surface area contributed by atoms with Crippen LogP contribution in [0, 0.1) is 5.82 Å². The lowest BCUT2D eigenvalue weighted by molar-refractivity contribution is 0.0315. The van der Waals surface area contributed by atoms with Crippen molar-refractivity contribution in [3.63, 3.8) is 0 Å². The summed E-state index contributed by atoms with van der Waals surface area (Å²) in [4.78, 5) is 0. The highest BCUT2D eigenvalue weighted by Gasteiger charge is 2.29. The van der Waals surface area contributed by atoms with Crippen molar-refractivity contribution in [3.8, 4) is 5.75 Å². The molecule has 0 saturated carbocycles. The zero-order valence-corrected chi connectivity index (χ0v) is 11.5. The Balaban J connectivity index is 2.08. The van der Waals surface area contributed by atoms with Gasteiger partial charge >= 0.3 is 0 Å². The van der Waals surface area contributed by atoms with Crippen molar-refractivity contribution in [3.05, 3.63) is 17.9 Å². The predicted molar refractivity (Wildman–Crippen MR) is 74.1 cm³/mol. The molecule has 106 valence electrons. The average Bonchev–Trinajstić information content (AvgIpc) is 2.79. The molecule has 1 heterocycles. The lowest BCUT2D eigenvalue weighted by atomic mass is 10.0. The number of rotatable bonds is 5. The molecule has 0 amide bonds. The minimum absolute atomic E-state index is 0.174. The fourth-order valence-electron chi connectivity index (χ4n) is 2.25. The van der Waals surface area contributed by atoms with Crippen molar-refractivity contribution in [2.24, 2.45) is 0 Å². The van der Waals surface area contributed by atoms with Gasteiger partial charge in [-0.1, -0.05) is 0 Å². The highest BCUT2D eigenvalue weighted by molar-refractivity contribution is 5.68. The first-order valence-electron chi connectivity index (χ1n) is 6.64. The van der Waals surface area contributed by atoms with Crippen LogP contribution in [0.1, 0.15) is 26.7 Å². The Morgan fingerprint density at radius 2 is 2.32 bits per heavy atom. The second kappa shape index (κ2) is 5.65. The second-order valence-electron chi connectivity index (χ2n) is 5.06. The molecule has 1 aliphatic rings. The van der Waals surface area contributed by atoms with Crippen molar-refractivity contribution in [1.82, 2.24) is 0 Å². The van der Waals surface area contributed by atoms with Gasteiger partial charge in [-0.05, 0) is 26.7 Å². The van der Waals surface area contributed by atoms with Gasteiger partial charge < -0.3 is 20.5 Å². The summed E-state index contributed by atoms with van der Waals surface area (Å²) in [6, 6.07) is 2.89. The van der Waals surface area contributed by atoms with Crippen molar-refractivity contribution in [1.29, 1.82) is 0 Å². The Bertz CT molecular complexity index is 445. The number of hydrogen-bond acceptors (Lipinski definition) is 4. The molecule has 1 saturated heterocycles. The third kappa shape index (κ3) is 3.29. The molecule has 3 N–H and O–H groups in total. The second-order valence-corrected chi connectivity index (χ2v) is 5.06. The van der Waals surface area contributed by atoms with Gasteiger partial charge in [0.15, 0.2) is 11.6 Å². The molecule has 0 radical (unpaired) electrons. The summed E-state index contributed by atoms with van der Waals surface area (Å²) >= 11 is 0. The quantitative estimate of drug-likeness (QED) is 0.806. The van der Waals surface area contributed by atoms with Crippen LogP contribution in [0.4, 0.5) is 15.8 Å². The molecular weight excluding hydrogens is 247 g/mol. The van der Waals surface area contributed by atoms with Crippen LogP contribution < -0.4 is 15.8 Å². The van der Waals surface area contributed by atoms with Crippen LogP contribution in [-0.4, -0.2) is 25.4 Å². The zero-order valence-electron chi connectivity index (χ0n) is 11.5. The number of anilines is 2. The molecule has 1 atom stereocenters. The number of hydrogen-bond donors (Lipinski definition) is 2. The van der Waals surface area contributed by atoms with E-state index in [1.807, 2.05) is 6.92 Å². The molecular formula is C14H21FN2O2. The van der Waals surface area contributed by atoms with Crippen molar-refractivity contribution < 1.29 is 13.9 Å². The summed E-state index contributed by atoms with van der Waals surface area (Å²) in [5.41, 5.74) is 6.70. The Morgan fingerprint density at radius 1 is 1.53 bits per heavy atom. The van der Waals surface area contributed by atoms with Gasteiger partial charge in [0.2, 0.25) is 0 Å². The summed E-state index contributed by atoms with van der Waals surface area (Å²) in [6.07, 6.45) is 2.08. The minimum Gasteiger partial charge on any atom is -0.491 e. The molecule has 0 aliphatic carbocycles. The van der Waals surface area contributed by atoms with E-state index in [0.29, 0.717) is 24.5 Å². The normalized spacial score (nSPS) is 22.5. The summed E-state index contributed by atoms with van der Waals surface area (Å²) in [5.74, 6) is -0.218. The van der Waals surface area contributed by atoms with Gasteiger partial charge in [-0.15, -0.1) is 0 Å². The van der Waals surface area contributed by atoms with Gasteiger partial charge in [0.25, 0.3) is 0 Å². The van der Waals surface area contributed by atoms with Crippen LogP contribution in [0.5, 0.6) is 5.75 Å². The maximum atomic E-state index is 13.6. The molecule has 1 aromatic carbocycles. The van der Waals surface area contributed by atoms with Crippen LogP contribution >= 0.6 is 0 Å². The smallest absolute Gasteiger partial charge is 0.167 e. The number of benzene rings is 1. The Labute approximate surface area is 113 Å². The van der Waals surface area contributed by atoms with E-state index in [1.54, 1.807) is 6.07 Å². The number of ether oxygens (including phenoxy) is 2. The van der Waals surface area contributed by atoms with Crippen molar-refractivity contribution in [2.45, 2.75) is 32.3 Å². The fourth-order valence-corrected chi connectivity index (χ4v) is 2.25. The minimum atomic E-state index is -0.437. The standard InChI is InChI=1S/C14H21FN2O2/c1-3-18-13-8-12(11(16)7-10(13)15)17-9-14(2)5-4-6-19-14/h7-8,17H,3-6,9,16H2,1-2H3.